The van der Waals surface area contributed by atoms with Gasteiger partial charge in [-0.15, -0.1) is 0 Å². The summed E-state index contributed by atoms with van der Waals surface area (Å²) in [4.78, 5) is 31.1. The zero-order valence-corrected chi connectivity index (χ0v) is 18.2. The Morgan fingerprint density at radius 3 is 2.42 bits per heavy atom. The number of imidazole rings is 1. The van der Waals surface area contributed by atoms with Crippen molar-refractivity contribution in [1.82, 2.24) is 9.55 Å². The largest absolute Gasteiger partial charge is 0.480 e. The molecule has 168 valence electrons. The van der Waals surface area contributed by atoms with Crippen molar-refractivity contribution in [2.75, 3.05) is 4.90 Å². The number of carboxylic acid groups (broad SMARTS) is 1. The number of aryl methyl sites for hydroxylation is 1. The Labute approximate surface area is 190 Å². The fourth-order valence-electron chi connectivity index (χ4n) is 3.86. The smallest absolute Gasteiger partial charge is 0.323 e. The van der Waals surface area contributed by atoms with Crippen molar-refractivity contribution in [2.45, 2.75) is 32.9 Å². The summed E-state index contributed by atoms with van der Waals surface area (Å²) in [5.41, 5.74) is 3.27. The number of rotatable bonds is 8. The molecule has 4 rings (SSSR count). The number of carbonyl (C=O) groups excluding carboxylic acids is 1. The van der Waals surface area contributed by atoms with E-state index in [1.54, 1.807) is 27.7 Å². The molecular formula is C26H24FN3O3. The summed E-state index contributed by atoms with van der Waals surface area (Å²) in [6.45, 7) is 2.16. The van der Waals surface area contributed by atoms with Gasteiger partial charge in [0.2, 0.25) is 0 Å². The van der Waals surface area contributed by atoms with Gasteiger partial charge in [0, 0.05) is 17.7 Å². The lowest BCUT2D eigenvalue weighted by Crippen LogP contribution is -2.30. The second kappa shape index (κ2) is 9.65. The lowest BCUT2D eigenvalue weighted by Gasteiger charge is -2.23. The Kier molecular flexibility index (Phi) is 6.49. The van der Waals surface area contributed by atoms with E-state index in [0.29, 0.717) is 41.1 Å². The van der Waals surface area contributed by atoms with Gasteiger partial charge in [-0.05, 0) is 54.4 Å². The summed E-state index contributed by atoms with van der Waals surface area (Å²) in [7, 11) is 0. The summed E-state index contributed by atoms with van der Waals surface area (Å²) in [6, 6.07) is 20.5. The standard InChI is InChI=1S/C26H24FN3O3/c1-2-6-24-28-22-15-21(13-14-23(22)30(24)17-25(31)32)29(16-18-7-4-3-5-8-18)26(33)19-9-11-20(27)12-10-19/h3-5,7-15H,2,6,16-17H2,1H3,(H,31,32). The van der Waals surface area contributed by atoms with Crippen molar-refractivity contribution in [1.29, 1.82) is 0 Å². The molecule has 0 unspecified atom stereocenters. The molecule has 0 saturated carbocycles. The molecule has 0 atom stereocenters. The Hall–Kier alpha value is -4.00. The first-order valence-corrected chi connectivity index (χ1v) is 10.8. The van der Waals surface area contributed by atoms with Crippen molar-refractivity contribution in [3.8, 4) is 0 Å². The van der Waals surface area contributed by atoms with Crippen LogP contribution in [0.3, 0.4) is 0 Å². The van der Waals surface area contributed by atoms with E-state index in [1.807, 2.05) is 37.3 Å². The zero-order valence-electron chi connectivity index (χ0n) is 18.2. The van der Waals surface area contributed by atoms with Crippen LogP contribution in [0.4, 0.5) is 10.1 Å². The summed E-state index contributed by atoms with van der Waals surface area (Å²) in [5, 5.41) is 9.33. The van der Waals surface area contributed by atoms with E-state index < -0.39 is 11.8 Å². The van der Waals surface area contributed by atoms with Crippen LogP contribution >= 0.6 is 0 Å². The molecule has 7 heteroatoms. The van der Waals surface area contributed by atoms with Crippen molar-refractivity contribution in [3.05, 3.63) is 95.6 Å². The summed E-state index contributed by atoms with van der Waals surface area (Å²) < 4.78 is 15.1. The third-order valence-corrected chi connectivity index (χ3v) is 5.41. The van der Waals surface area contributed by atoms with Crippen LogP contribution in [0.5, 0.6) is 0 Å². The number of amides is 1. The fourth-order valence-corrected chi connectivity index (χ4v) is 3.86. The molecule has 0 fully saturated rings. The molecule has 33 heavy (non-hydrogen) atoms. The van der Waals surface area contributed by atoms with E-state index in [2.05, 4.69) is 4.98 Å². The number of carboxylic acids is 1. The minimum atomic E-state index is -0.937. The van der Waals surface area contributed by atoms with Crippen molar-refractivity contribution in [3.63, 3.8) is 0 Å². The Bertz CT molecular complexity index is 1280. The average molecular weight is 445 g/mol. The predicted octanol–water partition coefficient (Wildman–Crippen LogP) is 5.06. The highest BCUT2D eigenvalue weighted by Crippen LogP contribution is 2.26. The highest BCUT2D eigenvalue weighted by Gasteiger charge is 2.21. The Morgan fingerprint density at radius 1 is 1.03 bits per heavy atom. The monoisotopic (exact) mass is 445 g/mol. The lowest BCUT2D eigenvalue weighted by atomic mass is 10.1. The number of aliphatic carboxylic acids is 1. The first-order valence-electron chi connectivity index (χ1n) is 10.8. The second-order valence-corrected chi connectivity index (χ2v) is 7.81. The van der Waals surface area contributed by atoms with E-state index in [1.165, 1.54) is 24.3 Å². The molecule has 3 aromatic carbocycles. The molecule has 4 aromatic rings. The van der Waals surface area contributed by atoms with Gasteiger partial charge in [0.05, 0.1) is 17.6 Å². The third kappa shape index (κ3) is 4.92. The average Bonchev–Trinajstić information content (AvgIpc) is 3.14. The second-order valence-electron chi connectivity index (χ2n) is 7.81. The van der Waals surface area contributed by atoms with Crippen LogP contribution < -0.4 is 4.90 Å². The predicted molar refractivity (Wildman–Crippen MR) is 125 cm³/mol. The van der Waals surface area contributed by atoms with Crippen LogP contribution in [0.2, 0.25) is 0 Å². The van der Waals surface area contributed by atoms with Crippen molar-refractivity contribution >= 4 is 28.6 Å². The molecule has 0 spiro atoms. The minimum Gasteiger partial charge on any atom is -0.480 e. The number of halogens is 1. The molecule has 6 nitrogen and oxygen atoms in total. The molecule has 0 aliphatic rings. The number of fused-ring (bicyclic) bond motifs is 1. The molecule has 1 N–H and O–H groups in total. The SMILES string of the molecule is CCCc1nc2cc(N(Cc3ccccc3)C(=O)c3ccc(F)cc3)ccc2n1CC(=O)O. The maximum atomic E-state index is 13.4. The van der Waals surface area contributed by atoms with E-state index in [9.17, 15) is 19.1 Å². The van der Waals surface area contributed by atoms with Gasteiger partial charge in [-0.1, -0.05) is 37.3 Å². The molecule has 0 aliphatic carbocycles. The van der Waals surface area contributed by atoms with Crippen LogP contribution in [0.15, 0.2) is 72.8 Å². The quantitative estimate of drug-likeness (QED) is 0.411. The summed E-state index contributed by atoms with van der Waals surface area (Å²) in [6.07, 6.45) is 1.48. The van der Waals surface area contributed by atoms with E-state index in [0.717, 1.165) is 12.0 Å². The number of hydrogen-bond donors (Lipinski definition) is 1. The van der Waals surface area contributed by atoms with Gasteiger partial charge in [-0.2, -0.15) is 0 Å². The Morgan fingerprint density at radius 2 is 1.76 bits per heavy atom. The highest BCUT2D eigenvalue weighted by atomic mass is 19.1. The van der Waals surface area contributed by atoms with Gasteiger partial charge in [-0.25, -0.2) is 9.37 Å². The van der Waals surface area contributed by atoms with Crippen LogP contribution in [-0.2, 0) is 24.3 Å². The van der Waals surface area contributed by atoms with Crippen LogP contribution in [-0.4, -0.2) is 26.5 Å². The number of benzene rings is 3. The van der Waals surface area contributed by atoms with Crippen molar-refractivity contribution < 1.29 is 19.1 Å². The van der Waals surface area contributed by atoms with Crippen LogP contribution in [0.1, 0.15) is 35.1 Å². The fraction of sp³-hybridized carbons (Fsp3) is 0.192. The summed E-state index contributed by atoms with van der Waals surface area (Å²) >= 11 is 0. The van der Waals surface area contributed by atoms with Gasteiger partial charge in [-0.3, -0.25) is 9.59 Å². The van der Waals surface area contributed by atoms with Crippen LogP contribution in [0, 0.1) is 5.82 Å². The maximum absolute atomic E-state index is 13.4. The first kappa shape index (κ1) is 22.2. The van der Waals surface area contributed by atoms with Gasteiger partial charge < -0.3 is 14.6 Å². The van der Waals surface area contributed by atoms with Gasteiger partial charge in [0.15, 0.2) is 0 Å². The molecular weight excluding hydrogens is 421 g/mol. The molecule has 1 heterocycles. The topological polar surface area (TPSA) is 75.4 Å². The number of hydrogen-bond acceptors (Lipinski definition) is 3. The molecule has 0 saturated heterocycles. The van der Waals surface area contributed by atoms with E-state index in [4.69, 9.17) is 0 Å². The molecule has 0 aliphatic heterocycles. The van der Waals surface area contributed by atoms with Gasteiger partial charge >= 0.3 is 5.97 Å². The molecule has 1 amide bonds. The number of aromatic nitrogens is 2. The number of carbonyl (C=O) groups is 2. The third-order valence-electron chi connectivity index (χ3n) is 5.41. The van der Waals surface area contributed by atoms with E-state index in [-0.39, 0.29) is 12.5 Å². The lowest BCUT2D eigenvalue weighted by molar-refractivity contribution is -0.137. The van der Waals surface area contributed by atoms with Crippen LogP contribution in [0.25, 0.3) is 11.0 Å². The number of anilines is 1. The molecule has 1 aromatic heterocycles. The minimum absolute atomic E-state index is 0.173. The normalized spacial score (nSPS) is 11.0. The van der Waals surface area contributed by atoms with Crippen molar-refractivity contribution in [2.24, 2.45) is 0 Å². The van der Waals surface area contributed by atoms with Gasteiger partial charge in [0.25, 0.3) is 5.91 Å². The molecule has 0 bridgehead atoms. The number of nitrogens with zero attached hydrogens (tertiary/aromatic N) is 3. The Balaban J connectivity index is 1.78. The highest BCUT2D eigenvalue weighted by molar-refractivity contribution is 6.06. The first-order chi connectivity index (χ1) is 16.0. The summed E-state index contributed by atoms with van der Waals surface area (Å²) in [5.74, 6) is -0.911. The van der Waals surface area contributed by atoms with Gasteiger partial charge in [0.1, 0.15) is 18.2 Å². The zero-order chi connectivity index (χ0) is 23.4. The van der Waals surface area contributed by atoms with E-state index >= 15 is 0 Å². The molecule has 0 radical (unpaired) electrons. The maximum Gasteiger partial charge on any atom is 0.323 e.